The summed E-state index contributed by atoms with van der Waals surface area (Å²) in [6, 6.07) is 13.8. The Morgan fingerprint density at radius 1 is 1.15 bits per heavy atom. The molecule has 146 valence electrons. The van der Waals surface area contributed by atoms with Crippen molar-refractivity contribution in [3.63, 3.8) is 0 Å². The summed E-state index contributed by atoms with van der Waals surface area (Å²) in [4.78, 5) is 15.3. The first-order valence-electron chi connectivity index (χ1n) is 8.45. The SMILES string of the molecule is CC(c1ccc(S(N)(=O)=O)cc1)N(C)C(=O)CCCSc1ccc(Cl)cc1. The maximum atomic E-state index is 12.4. The fourth-order valence-corrected chi connectivity index (χ4v) is 3.99. The van der Waals surface area contributed by atoms with E-state index in [9.17, 15) is 13.2 Å². The fourth-order valence-electron chi connectivity index (χ4n) is 2.50. The monoisotopic (exact) mass is 426 g/mol. The van der Waals surface area contributed by atoms with E-state index in [-0.39, 0.29) is 16.8 Å². The minimum Gasteiger partial charge on any atom is -0.339 e. The van der Waals surface area contributed by atoms with Gasteiger partial charge in [-0.2, -0.15) is 0 Å². The number of carbonyl (C=O) groups excluding carboxylic acids is 1. The predicted octanol–water partition coefficient (Wildman–Crippen LogP) is 4.08. The molecule has 0 bridgehead atoms. The van der Waals surface area contributed by atoms with E-state index >= 15 is 0 Å². The third-order valence-electron chi connectivity index (χ3n) is 4.28. The third kappa shape index (κ3) is 6.53. The van der Waals surface area contributed by atoms with Crippen LogP contribution in [0.2, 0.25) is 5.02 Å². The van der Waals surface area contributed by atoms with Gasteiger partial charge < -0.3 is 4.90 Å². The number of amides is 1. The molecule has 1 amide bonds. The molecule has 0 fully saturated rings. The molecule has 5 nitrogen and oxygen atoms in total. The van der Waals surface area contributed by atoms with Gasteiger partial charge >= 0.3 is 0 Å². The van der Waals surface area contributed by atoms with Gasteiger partial charge in [0.1, 0.15) is 0 Å². The number of rotatable bonds is 8. The number of thioether (sulfide) groups is 1. The highest BCUT2D eigenvalue weighted by atomic mass is 35.5. The summed E-state index contributed by atoms with van der Waals surface area (Å²) in [5.41, 5.74) is 0.855. The number of hydrogen-bond donors (Lipinski definition) is 1. The Labute approximate surface area is 169 Å². The normalized spacial score (nSPS) is 12.6. The first-order valence-corrected chi connectivity index (χ1v) is 11.4. The van der Waals surface area contributed by atoms with Crippen LogP contribution in [0.1, 0.15) is 31.4 Å². The van der Waals surface area contributed by atoms with Gasteiger partial charge in [0, 0.05) is 23.4 Å². The Morgan fingerprint density at radius 2 is 1.74 bits per heavy atom. The number of sulfonamides is 1. The highest BCUT2D eigenvalue weighted by Crippen LogP contribution is 2.23. The van der Waals surface area contributed by atoms with Crippen LogP contribution in [0.25, 0.3) is 0 Å². The highest BCUT2D eigenvalue weighted by molar-refractivity contribution is 7.99. The summed E-state index contributed by atoms with van der Waals surface area (Å²) in [5.74, 6) is 0.897. The van der Waals surface area contributed by atoms with Crippen LogP contribution in [0.4, 0.5) is 0 Å². The Kier molecular flexibility index (Phi) is 7.73. The van der Waals surface area contributed by atoms with Crippen LogP contribution in [-0.2, 0) is 14.8 Å². The zero-order chi connectivity index (χ0) is 20.0. The largest absolute Gasteiger partial charge is 0.339 e. The van der Waals surface area contributed by atoms with Gasteiger partial charge in [0.2, 0.25) is 15.9 Å². The van der Waals surface area contributed by atoms with Crippen LogP contribution in [-0.4, -0.2) is 32.0 Å². The number of benzene rings is 2. The van der Waals surface area contributed by atoms with Crippen molar-refractivity contribution in [1.82, 2.24) is 4.90 Å². The molecule has 0 aliphatic carbocycles. The van der Waals surface area contributed by atoms with E-state index in [4.69, 9.17) is 16.7 Å². The summed E-state index contributed by atoms with van der Waals surface area (Å²) in [7, 11) is -1.96. The molecule has 0 aliphatic heterocycles. The van der Waals surface area contributed by atoms with Crippen molar-refractivity contribution in [3.8, 4) is 0 Å². The van der Waals surface area contributed by atoms with E-state index in [1.807, 2.05) is 31.2 Å². The van der Waals surface area contributed by atoms with E-state index in [0.29, 0.717) is 11.4 Å². The lowest BCUT2D eigenvalue weighted by atomic mass is 10.1. The molecular weight excluding hydrogens is 404 g/mol. The molecule has 0 saturated heterocycles. The van der Waals surface area contributed by atoms with Crippen LogP contribution >= 0.6 is 23.4 Å². The molecule has 0 heterocycles. The molecule has 27 heavy (non-hydrogen) atoms. The molecule has 2 aromatic carbocycles. The number of carbonyl (C=O) groups is 1. The van der Waals surface area contributed by atoms with Crippen molar-refractivity contribution < 1.29 is 13.2 Å². The van der Waals surface area contributed by atoms with Gasteiger partial charge in [-0.25, -0.2) is 13.6 Å². The first-order chi connectivity index (χ1) is 12.7. The minimum absolute atomic E-state index is 0.0507. The van der Waals surface area contributed by atoms with Crippen molar-refractivity contribution in [1.29, 1.82) is 0 Å². The average molecular weight is 427 g/mol. The standard InChI is InChI=1S/C19H23ClN2O3S2/c1-14(15-5-11-18(12-6-15)27(21,24)25)22(2)19(23)4-3-13-26-17-9-7-16(20)8-10-17/h5-12,14H,3-4,13H2,1-2H3,(H2,21,24,25). The van der Waals surface area contributed by atoms with E-state index in [1.54, 1.807) is 35.8 Å². The third-order valence-corrected chi connectivity index (χ3v) is 6.56. The van der Waals surface area contributed by atoms with Crippen molar-refractivity contribution >= 4 is 39.3 Å². The zero-order valence-corrected chi connectivity index (χ0v) is 17.7. The topological polar surface area (TPSA) is 80.5 Å². The molecule has 2 N–H and O–H groups in total. The molecule has 0 aromatic heterocycles. The Bertz CT molecular complexity index is 869. The lowest BCUT2D eigenvalue weighted by Gasteiger charge is -2.25. The number of halogens is 1. The maximum Gasteiger partial charge on any atom is 0.238 e. The second-order valence-corrected chi connectivity index (χ2v) is 9.37. The summed E-state index contributed by atoms with van der Waals surface area (Å²) < 4.78 is 22.7. The number of nitrogens with two attached hydrogens (primary N) is 1. The molecule has 1 unspecified atom stereocenters. The van der Waals surface area contributed by atoms with Gasteiger partial charge in [-0.15, -0.1) is 11.8 Å². The lowest BCUT2D eigenvalue weighted by Crippen LogP contribution is -2.29. The molecule has 0 spiro atoms. The van der Waals surface area contributed by atoms with Gasteiger partial charge in [0.25, 0.3) is 0 Å². The minimum atomic E-state index is -3.71. The highest BCUT2D eigenvalue weighted by Gasteiger charge is 2.18. The van der Waals surface area contributed by atoms with Gasteiger partial charge in [-0.3, -0.25) is 4.79 Å². The van der Waals surface area contributed by atoms with E-state index in [0.717, 1.165) is 22.6 Å². The molecular formula is C19H23ClN2O3S2. The van der Waals surface area contributed by atoms with Crippen molar-refractivity contribution in [2.24, 2.45) is 5.14 Å². The maximum absolute atomic E-state index is 12.4. The van der Waals surface area contributed by atoms with Gasteiger partial charge in [0.05, 0.1) is 10.9 Å². The van der Waals surface area contributed by atoms with Crippen LogP contribution < -0.4 is 5.14 Å². The van der Waals surface area contributed by atoms with E-state index in [2.05, 4.69) is 0 Å². The zero-order valence-electron chi connectivity index (χ0n) is 15.3. The molecule has 0 radical (unpaired) electrons. The molecule has 8 heteroatoms. The summed E-state index contributed by atoms with van der Waals surface area (Å²) >= 11 is 7.56. The average Bonchev–Trinajstić information content (AvgIpc) is 2.64. The Morgan fingerprint density at radius 3 is 2.30 bits per heavy atom. The summed E-state index contributed by atoms with van der Waals surface area (Å²) in [6.07, 6.45) is 1.23. The van der Waals surface area contributed by atoms with Gasteiger partial charge in [0.15, 0.2) is 0 Å². The molecule has 0 saturated carbocycles. The molecule has 2 aromatic rings. The van der Waals surface area contributed by atoms with Crippen molar-refractivity contribution in [2.75, 3.05) is 12.8 Å². The van der Waals surface area contributed by atoms with Crippen LogP contribution in [0.3, 0.4) is 0 Å². The summed E-state index contributed by atoms with van der Waals surface area (Å²) in [6.45, 7) is 1.91. The number of primary sulfonamides is 1. The number of nitrogens with zero attached hydrogens (tertiary/aromatic N) is 1. The second kappa shape index (κ2) is 9.59. The van der Waals surface area contributed by atoms with Crippen LogP contribution in [0.5, 0.6) is 0 Å². The quantitative estimate of drug-likeness (QED) is 0.509. The lowest BCUT2D eigenvalue weighted by molar-refractivity contribution is -0.131. The molecule has 2 rings (SSSR count). The first kappa shape index (κ1) is 21.8. The predicted molar refractivity (Wildman–Crippen MR) is 110 cm³/mol. The second-order valence-electron chi connectivity index (χ2n) is 6.20. The van der Waals surface area contributed by atoms with E-state index in [1.165, 1.54) is 12.1 Å². The smallest absolute Gasteiger partial charge is 0.238 e. The molecule has 0 aliphatic rings. The van der Waals surface area contributed by atoms with Crippen LogP contribution in [0, 0.1) is 0 Å². The number of hydrogen-bond acceptors (Lipinski definition) is 4. The van der Waals surface area contributed by atoms with Crippen molar-refractivity contribution in [3.05, 3.63) is 59.1 Å². The summed E-state index contributed by atoms with van der Waals surface area (Å²) in [5, 5.41) is 5.82. The van der Waals surface area contributed by atoms with Gasteiger partial charge in [-0.1, -0.05) is 23.7 Å². The fraction of sp³-hybridized carbons (Fsp3) is 0.316. The van der Waals surface area contributed by atoms with Crippen molar-refractivity contribution in [2.45, 2.75) is 35.6 Å². The Balaban J connectivity index is 1.83. The molecule has 1 atom stereocenters. The van der Waals surface area contributed by atoms with Crippen LogP contribution in [0.15, 0.2) is 58.3 Å². The van der Waals surface area contributed by atoms with E-state index < -0.39 is 10.0 Å². The van der Waals surface area contributed by atoms with Gasteiger partial charge in [-0.05, 0) is 61.1 Å². The Hall–Kier alpha value is -1.54.